The number of allylic oxidation sites excluding steroid dienone is 9. The molecule has 0 aliphatic carbocycles. The molecule has 1 saturated heterocycles. The Labute approximate surface area is 497 Å². The molecule has 0 aromatic carbocycles. The largest absolute Gasteiger partial charge is 0.454 e. The van der Waals surface area contributed by atoms with Crippen molar-refractivity contribution in [1.82, 2.24) is 5.32 Å². The van der Waals surface area contributed by atoms with Crippen molar-refractivity contribution in [2.24, 2.45) is 0 Å². The predicted molar refractivity (Wildman–Crippen MR) is 338 cm³/mol. The highest BCUT2D eigenvalue weighted by atomic mass is 16.7. The number of unbranched alkanes of at least 4 members (excludes halogenated alkanes) is 36. The summed E-state index contributed by atoms with van der Waals surface area (Å²) in [5, 5.41) is 57.1. The molecule has 6 N–H and O–H groups in total. The lowest BCUT2D eigenvalue weighted by atomic mass is 9.99. The molecule has 1 aliphatic rings. The summed E-state index contributed by atoms with van der Waals surface area (Å²) >= 11 is 0. The van der Waals surface area contributed by atoms with Crippen molar-refractivity contribution in [1.29, 1.82) is 0 Å². The van der Waals surface area contributed by atoms with E-state index in [4.69, 9.17) is 14.2 Å². The Morgan fingerprint density at radius 3 is 1.31 bits per heavy atom. The summed E-state index contributed by atoms with van der Waals surface area (Å²) in [6.45, 7) is 5.77. The van der Waals surface area contributed by atoms with Crippen LogP contribution in [0.5, 0.6) is 0 Å². The van der Waals surface area contributed by atoms with Gasteiger partial charge in [0, 0.05) is 6.42 Å². The van der Waals surface area contributed by atoms with Crippen LogP contribution in [0.25, 0.3) is 0 Å². The normalized spacial score (nSPS) is 19.0. The Balaban J connectivity index is 2.58. The van der Waals surface area contributed by atoms with Gasteiger partial charge >= 0.3 is 5.97 Å². The van der Waals surface area contributed by atoms with E-state index in [1.54, 1.807) is 6.08 Å². The number of carbonyl (C=O) groups is 2. The second-order valence-corrected chi connectivity index (χ2v) is 23.6. The number of aliphatic hydroxyl groups is 5. The zero-order chi connectivity index (χ0) is 58.9. The van der Waals surface area contributed by atoms with Gasteiger partial charge in [0.25, 0.3) is 0 Å². The zero-order valence-electron chi connectivity index (χ0n) is 52.4. The fraction of sp³-hybridized carbons (Fsp3) is 0.829. The number of ether oxygens (including phenoxy) is 3. The molecule has 11 heteroatoms. The van der Waals surface area contributed by atoms with Gasteiger partial charge in [-0.1, -0.05) is 274 Å². The van der Waals surface area contributed by atoms with Gasteiger partial charge in [-0.3, -0.25) is 9.59 Å². The SMILES string of the molecule is CCCCC/C=C\C/C=C\C/C=C\CCCCCCCCCCCCCCCC(O)C(=O)NC(COC1OC(CO)C(O)C(O)C1OC(=O)CCCCC/C=C\CCCCCCCC)C(O)/C=C/CCCCCCCCCCCCC. The van der Waals surface area contributed by atoms with E-state index in [1.807, 2.05) is 6.08 Å². The standard InChI is InChI=1S/C70H127NO10/c1-4-7-10-13-16-19-22-25-26-27-28-29-30-31-32-33-34-35-36-37-40-42-45-48-51-54-57-63(74)69(78)71-61(62(73)56-53-50-47-44-41-38-23-20-17-14-11-8-5-2)60-79-70-68(67(77)66(76)64(59-72)80-70)81-65(75)58-55-52-49-46-43-39-24-21-18-15-12-9-6-3/h16,19,25-26,28-29,39,43,53,56,61-64,66-68,70,72-74,76-77H,4-15,17-18,20-24,27,30-38,40-42,44-52,54-55,57-60H2,1-3H3,(H,71,78)/b19-16-,26-25-,29-28-,43-39-,56-53+. The molecule has 0 bridgehead atoms. The van der Waals surface area contributed by atoms with Crippen LogP contribution in [0.4, 0.5) is 0 Å². The van der Waals surface area contributed by atoms with Crippen molar-refractivity contribution >= 4 is 11.9 Å². The summed E-state index contributed by atoms with van der Waals surface area (Å²) < 4.78 is 17.6. The maximum Gasteiger partial charge on any atom is 0.306 e. The number of rotatable bonds is 58. The van der Waals surface area contributed by atoms with Gasteiger partial charge in [-0.2, -0.15) is 0 Å². The lowest BCUT2D eigenvalue weighted by Gasteiger charge is -2.41. The van der Waals surface area contributed by atoms with Gasteiger partial charge in [0.15, 0.2) is 12.4 Å². The Bertz CT molecular complexity index is 1550. The van der Waals surface area contributed by atoms with E-state index >= 15 is 0 Å². The monoisotopic (exact) mass is 1140 g/mol. The third-order valence-electron chi connectivity index (χ3n) is 15.9. The Morgan fingerprint density at radius 2 is 0.852 bits per heavy atom. The quantitative estimate of drug-likeness (QED) is 0.0195. The molecule has 81 heavy (non-hydrogen) atoms. The van der Waals surface area contributed by atoms with Gasteiger partial charge in [0.1, 0.15) is 24.4 Å². The smallest absolute Gasteiger partial charge is 0.306 e. The first-order valence-electron chi connectivity index (χ1n) is 34.1. The molecule has 1 aliphatic heterocycles. The van der Waals surface area contributed by atoms with Crippen LogP contribution in [-0.2, 0) is 23.8 Å². The third kappa shape index (κ3) is 45.4. The summed E-state index contributed by atoms with van der Waals surface area (Å²) in [6, 6.07) is -1.03. The summed E-state index contributed by atoms with van der Waals surface area (Å²) in [5.74, 6) is -1.21. The van der Waals surface area contributed by atoms with E-state index in [0.29, 0.717) is 12.8 Å². The summed E-state index contributed by atoms with van der Waals surface area (Å²) in [7, 11) is 0. The first-order valence-corrected chi connectivity index (χ1v) is 34.1. The molecule has 0 aromatic rings. The zero-order valence-corrected chi connectivity index (χ0v) is 52.4. The van der Waals surface area contributed by atoms with E-state index in [2.05, 4.69) is 74.7 Å². The minimum Gasteiger partial charge on any atom is -0.454 e. The summed E-state index contributed by atoms with van der Waals surface area (Å²) in [4.78, 5) is 26.6. The molecule has 0 aromatic heterocycles. The van der Waals surface area contributed by atoms with Crippen molar-refractivity contribution in [3.05, 3.63) is 60.8 Å². The number of aliphatic hydroxyl groups excluding tert-OH is 5. The molecule has 0 radical (unpaired) electrons. The van der Waals surface area contributed by atoms with Crippen LogP contribution in [0.15, 0.2) is 60.8 Å². The molecular formula is C70H127NO10. The highest BCUT2D eigenvalue weighted by Crippen LogP contribution is 2.26. The number of amides is 1. The van der Waals surface area contributed by atoms with Crippen molar-refractivity contribution in [2.75, 3.05) is 13.2 Å². The van der Waals surface area contributed by atoms with Crippen LogP contribution in [-0.4, -0.2) is 99.6 Å². The highest BCUT2D eigenvalue weighted by molar-refractivity contribution is 5.80. The molecule has 1 heterocycles. The number of esters is 1. The second-order valence-electron chi connectivity index (χ2n) is 23.6. The van der Waals surface area contributed by atoms with Gasteiger partial charge in [0.05, 0.1) is 25.4 Å². The van der Waals surface area contributed by atoms with Gasteiger partial charge in [0.2, 0.25) is 5.91 Å². The predicted octanol–water partition coefficient (Wildman–Crippen LogP) is 17.0. The topological polar surface area (TPSA) is 175 Å². The number of carbonyl (C=O) groups excluding carboxylic acids is 2. The highest BCUT2D eigenvalue weighted by Gasteiger charge is 2.47. The fourth-order valence-electron chi connectivity index (χ4n) is 10.5. The first kappa shape index (κ1) is 76.4. The van der Waals surface area contributed by atoms with E-state index in [0.717, 1.165) is 77.0 Å². The van der Waals surface area contributed by atoms with Crippen LogP contribution < -0.4 is 5.32 Å². The number of hydrogen-bond donors (Lipinski definition) is 6. The Hall–Kier alpha value is -2.64. The minimum absolute atomic E-state index is 0.104. The van der Waals surface area contributed by atoms with Crippen LogP contribution >= 0.6 is 0 Å². The molecule has 1 rings (SSSR count). The molecular weight excluding hydrogens is 1010 g/mol. The van der Waals surface area contributed by atoms with Crippen LogP contribution in [0.1, 0.15) is 310 Å². The van der Waals surface area contributed by atoms with E-state index < -0.39 is 67.4 Å². The van der Waals surface area contributed by atoms with Crippen LogP contribution in [0, 0.1) is 0 Å². The maximum atomic E-state index is 13.5. The first-order chi connectivity index (χ1) is 39.7. The third-order valence-corrected chi connectivity index (χ3v) is 15.9. The van der Waals surface area contributed by atoms with E-state index in [1.165, 1.54) is 186 Å². The molecule has 8 unspecified atom stereocenters. The fourth-order valence-corrected chi connectivity index (χ4v) is 10.5. The minimum atomic E-state index is -1.62. The molecule has 11 nitrogen and oxygen atoms in total. The van der Waals surface area contributed by atoms with Gasteiger partial charge < -0.3 is 45.1 Å². The van der Waals surface area contributed by atoms with Crippen molar-refractivity contribution in [3.8, 4) is 0 Å². The van der Waals surface area contributed by atoms with Crippen molar-refractivity contribution < 1.29 is 49.3 Å². The van der Waals surface area contributed by atoms with Crippen LogP contribution in [0.2, 0.25) is 0 Å². The molecule has 0 spiro atoms. The number of nitrogens with one attached hydrogen (secondary N) is 1. The summed E-state index contributed by atoms with van der Waals surface area (Å²) in [6.07, 6.45) is 62.7. The lowest BCUT2D eigenvalue weighted by molar-refractivity contribution is -0.305. The average molecular weight is 1140 g/mol. The molecule has 8 atom stereocenters. The van der Waals surface area contributed by atoms with Gasteiger partial charge in [-0.25, -0.2) is 0 Å². The van der Waals surface area contributed by atoms with E-state index in [-0.39, 0.29) is 19.4 Å². The van der Waals surface area contributed by atoms with Gasteiger partial charge in [-0.15, -0.1) is 0 Å². The molecule has 1 amide bonds. The Morgan fingerprint density at radius 1 is 0.481 bits per heavy atom. The van der Waals surface area contributed by atoms with Gasteiger partial charge in [-0.05, 0) is 89.9 Å². The maximum absolute atomic E-state index is 13.5. The number of hydrogen-bond acceptors (Lipinski definition) is 10. The van der Waals surface area contributed by atoms with E-state index in [9.17, 15) is 35.1 Å². The average Bonchev–Trinajstić information content (AvgIpc) is 3.52. The van der Waals surface area contributed by atoms with Crippen molar-refractivity contribution in [3.63, 3.8) is 0 Å². The van der Waals surface area contributed by atoms with Crippen LogP contribution in [0.3, 0.4) is 0 Å². The molecule has 472 valence electrons. The lowest BCUT2D eigenvalue weighted by Crippen LogP contribution is -2.61. The molecule has 0 saturated carbocycles. The summed E-state index contributed by atoms with van der Waals surface area (Å²) in [5.41, 5.74) is 0. The second kappa shape index (κ2) is 57.8. The van der Waals surface area contributed by atoms with Crippen molar-refractivity contribution in [2.45, 2.75) is 359 Å². The Kier molecular flexibility index (Phi) is 54.5. The molecule has 1 fully saturated rings.